The average molecular weight is 288 g/mol. The van der Waals surface area contributed by atoms with Crippen LogP contribution >= 0.6 is 11.6 Å². The van der Waals surface area contributed by atoms with Crippen LogP contribution in [-0.2, 0) is 7.05 Å². The maximum atomic E-state index is 6.06. The third kappa shape index (κ3) is 1.98. The molecular formula is C15H14ClN3O. The number of anilines is 1. The van der Waals surface area contributed by atoms with Gasteiger partial charge >= 0.3 is 0 Å². The lowest BCUT2D eigenvalue weighted by molar-refractivity contribution is 0.415. The first-order valence-corrected chi connectivity index (χ1v) is 6.54. The summed E-state index contributed by atoms with van der Waals surface area (Å²) >= 11 is 6.04. The smallest absolute Gasteiger partial charge is 0.143 e. The minimum atomic E-state index is 0.662. The van der Waals surface area contributed by atoms with E-state index in [-0.39, 0.29) is 0 Å². The molecule has 0 unspecified atom stereocenters. The molecule has 0 aliphatic carbocycles. The first-order valence-electron chi connectivity index (χ1n) is 6.16. The zero-order chi connectivity index (χ0) is 14.3. The number of rotatable bonds is 2. The first kappa shape index (κ1) is 12.8. The van der Waals surface area contributed by atoms with Crippen molar-refractivity contribution >= 4 is 28.3 Å². The molecule has 0 saturated carbocycles. The molecule has 0 bridgehead atoms. The normalized spacial score (nSPS) is 10.9. The van der Waals surface area contributed by atoms with Gasteiger partial charge in [-0.3, -0.25) is 0 Å². The highest BCUT2D eigenvalue weighted by Crippen LogP contribution is 2.31. The maximum Gasteiger partial charge on any atom is 0.143 e. The Labute approximate surface area is 121 Å². The van der Waals surface area contributed by atoms with Crippen LogP contribution in [0.1, 0.15) is 0 Å². The Kier molecular flexibility index (Phi) is 3.03. The van der Waals surface area contributed by atoms with Gasteiger partial charge in [0.25, 0.3) is 0 Å². The molecule has 3 aromatic rings. The van der Waals surface area contributed by atoms with Crippen LogP contribution in [0.5, 0.6) is 5.75 Å². The summed E-state index contributed by atoms with van der Waals surface area (Å²) < 4.78 is 7.23. The van der Waals surface area contributed by atoms with Gasteiger partial charge in [0, 0.05) is 23.3 Å². The molecule has 0 radical (unpaired) electrons. The number of hydrogen-bond donors (Lipinski definition) is 1. The topological polar surface area (TPSA) is 53.1 Å². The second-order valence-corrected chi connectivity index (χ2v) is 5.02. The minimum Gasteiger partial charge on any atom is -0.497 e. The second kappa shape index (κ2) is 4.72. The highest BCUT2D eigenvalue weighted by Gasteiger charge is 2.13. The van der Waals surface area contributed by atoms with Crippen LogP contribution in [0.3, 0.4) is 0 Å². The van der Waals surface area contributed by atoms with Gasteiger partial charge in [-0.25, -0.2) is 4.98 Å². The van der Waals surface area contributed by atoms with Gasteiger partial charge < -0.3 is 15.0 Å². The molecular weight excluding hydrogens is 274 g/mol. The molecule has 0 amide bonds. The summed E-state index contributed by atoms with van der Waals surface area (Å²) in [5.74, 6) is 1.54. The summed E-state index contributed by atoms with van der Waals surface area (Å²) in [6.45, 7) is 0. The molecule has 20 heavy (non-hydrogen) atoms. The van der Waals surface area contributed by atoms with Crippen LogP contribution in [0.4, 0.5) is 5.69 Å². The van der Waals surface area contributed by atoms with Gasteiger partial charge in [0.05, 0.1) is 18.1 Å². The third-order valence-corrected chi connectivity index (χ3v) is 3.58. The summed E-state index contributed by atoms with van der Waals surface area (Å²) in [5, 5.41) is 0.686. The number of ether oxygens (including phenoxy) is 1. The van der Waals surface area contributed by atoms with Crippen molar-refractivity contribution < 1.29 is 4.74 Å². The van der Waals surface area contributed by atoms with Gasteiger partial charge in [0.15, 0.2) is 0 Å². The number of hydrogen-bond acceptors (Lipinski definition) is 3. The lowest BCUT2D eigenvalue weighted by atomic mass is 10.1. The van der Waals surface area contributed by atoms with Crippen molar-refractivity contribution in [1.82, 2.24) is 9.55 Å². The van der Waals surface area contributed by atoms with Gasteiger partial charge in [-0.05, 0) is 36.4 Å². The first-order chi connectivity index (χ1) is 9.60. The van der Waals surface area contributed by atoms with Gasteiger partial charge in [0.2, 0.25) is 0 Å². The van der Waals surface area contributed by atoms with Gasteiger partial charge in [-0.1, -0.05) is 11.6 Å². The number of nitrogens with two attached hydrogens (primary N) is 1. The Morgan fingerprint density at radius 2 is 2.00 bits per heavy atom. The fraction of sp³-hybridized carbons (Fsp3) is 0.133. The van der Waals surface area contributed by atoms with E-state index in [4.69, 9.17) is 22.1 Å². The molecule has 0 aliphatic heterocycles. The lowest BCUT2D eigenvalue weighted by Gasteiger charge is -2.08. The van der Waals surface area contributed by atoms with Crippen LogP contribution < -0.4 is 10.5 Å². The van der Waals surface area contributed by atoms with Gasteiger partial charge in [-0.15, -0.1) is 0 Å². The van der Waals surface area contributed by atoms with E-state index in [1.807, 2.05) is 48.0 Å². The predicted octanol–water partition coefficient (Wildman–Crippen LogP) is 3.48. The SMILES string of the molecule is COc1ccc(N)c(-c2nc3ccc(Cl)cc3n2C)c1. The summed E-state index contributed by atoms with van der Waals surface area (Å²) in [6.07, 6.45) is 0. The number of methoxy groups -OCH3 is 1. The number of aromatic nitrogens is 2. The monoisotopic (exact) mass is 287 g/mol. The minimum absolute atomic E-state index is 0.662. The van der Waals surface area contributed by atoms with Crippen molar-refractivity contribution in [2.45, 2.75) is 0 Å². The maximum absolute atomic E-state index is 6.06. The Morgan fingerprint density at radius 3 is 2.75 bits per heavy atom. The van der Waals surface area contributed by atoms with Gasteiger partial charge in [-0.2, -0.15) is 0 Å². The van der Waals surface area contributed by atoms with Crippen LogP contribution in [0.2, 0.25) is 5.02 Å². The zero-order valence-electron chi connectivity index (χ0n) is 11.2. The summed E-state index contributed by atoms with van der Waals surface area (Å²) in [5.41, 5.74) is 9.42. The van der Waals surface area contributed by atoms with Crippen molar-refractivity contribution in [3.8, 4) is 17.1 Å². The number of nitrogens with zero attached hydrogens (tertiary/aromatic N) is 2. The molecule has 102 valence electrons. The lowest BCUT2D eigenvalue weighted by Crippen LogP contribution is -1.97. The Morgan fingerprint density at radius 1 is 1.20 bits per heavy atom. The predicted molar refractivity (Wildman–Crippen MR) is 82.1 cm³/mol. The molecule has 0 fully saturated rings. The van der Waals surface area contributed by atoms with Gasteiger partial charge in [0.1, 0.15) is 11.6 Å². The highest BCUT2D eigenvalue weighted by molar-refractivity contribution is 6.31. The molecule has 5 heteroatoms. The van der Waals surface area contributed by atoms with Crippen molar-refractivity contribution in [2.24, 2.45) is 7.05 Å². The third-order valence-electron chi connectivity index (χ3n) is 3.34. The highest BCUT2D eigenvalue weighted by atomic mass is 35.5. The Bertz CT molecular complexity index is 795. The molecule has 4 nitrogen and oxygen atoms in total. The van der Waals surface area contributed by atoms with Crippen molar-refractivity contribution in [2.75, 3.05) is 12.8 Å². The quantitative estimate of drug-likeness (QED) is 0.734. The largest absolute Gasteiger partial charge is 0.497 e. The van der Waals surface area contributed by atoms with Crippen molar-refractivity contribution in [3.63, 3.8) is 0 Å². The van der Waals surface area contributed by atoms with E-state index in [0.717, 1.165) is 28.2 Å². The van der Waals surface area contributed by atoms with Crippen LogP contribution in [0, 0.1) is 0 Å². The molecule has 0 spiro atoms. The second-order valence-electron chi connectivity index (χ2n) is 4.58. The van der Waals surface area contributed by atoms with E-state index >= 15 is 0 Å². The summed E-state index contributed by atoms with van der Waals surface area (Å²) in [6, 6.07) is 11.2. The summed E-state index contributed by atoms with van der Waals surface area (Å²) in [4.78, 5) is 4.63. The number of benzene rings is 2. The van der Waals surface area contributed by atoms with E-state index in [1.165, 1.54) is 0 Å². The van der Waals surface area contributed by atoms with E-state index in [0.29, 0.717) is 10.7 Å². The number of halogens is 1. The van der Waals surface area contributed by atoms with E-state index in [2.05, 4.69) is 4.98 Å². The van der Waals surface area contributed by atoms with Crippen LogP contribution in [0.15, 0.2) is 36.4 Å². The summed E-state index contributed by atoms with van der Waals surface area (Å²) in [7, 11) is 3.57. The van der Waals surface area contributed by atoms with E-state index in [9.17, 15) is 0 Å². The standard InChI is InChI=1S/C15H14ClN3O/c1-19-14-7-9(16)3-6-13(14)18-15(19)11-8-10(20-2)4-5-12(11)17/h3-8H,17H2,1-2H3. The molecule has 1 aromatic heterocycles. The fourth-order valence-corrected chi connectivity index (χ4v) is 2.43. The average Bonchev–Trinajstić information content (AvgIpc) is 2.77. The van der Waals surface area contributed by atoms with Crippen molar-refractivity contribution in [3.05, 3.63) is 41.4 Å². The molecule has 2 aromatic carbocycles. The fourth-order valence-electron chi connectivity index (χ4n) is 2.26. The number of imidazole rings is 1. The van der Waals surface area contributed by atoms with E-state index in [1.54, 1.807) is 7.11 Å². The van der Waals surface area contributed by atoms with Crippen LogP contribution in [-0.4, -0.2) is 16.7 Å². The molecule has 0 saturated heterocycles. The Hall–Kier alpha value is -2.20. The molecule has 0 aliphatic rings. The zero-order valence-corrected chi connectivity index (χ0v) is 12.0. The van der Waals surface area contributed by atoms with Crippen LogP contribution in [0.25, 0.3) is 22.4 Å². The van der Waals surface area contributed by atoms with Crippen molar-refractivity contribution in [1.29, 1.82) is 0 Å². The van der Waals surface area contributed by atoms with E-state index < -0.39 is 0 Å². The molecule has 1 heterocycles. The number of fused-ring (bicyclic) bond motifs is 1. The molecule has 2 N–H and O–H groups in total. The Balaban J connectivity index is 2.27. The molecule has 0 atom stereocenters. The molecule has 3 rings (SSSR count). The number of nitrogen functional groups attached to an aromatic ring is 1. The number of aryl methyl sites for hydroxylation is 1.